The molecule has 0 radical (unpaired) electrons. The number of esters is 2. The van der Waals surface area contributed by atoms with Crippen LogP contribution in [0.2, 0.25) is 0 Å². The Kier molecular flexibility index (Phi) is 5.48. The molecule has 1 rings (SSSR count). The second-order valence-corrected chi connectivity index (χ2v) is 5.09. The Bertz CT molecular complexity index is 522. The number of carbonyl (C=O) groups is 2. The quantitative estimate of drug-likeness (QED) is 0.507. The topological polar surface area (TPSA) is 105 Å². The summed E-state index contributed by atoms with van der Waals surface area (Å²) in [6, 6.07) is 0. The van der Waals surface area contributed by atoms with Gasteiger partial charge in [0, 0.05) is 0 Å². The largest absolute Gasteiger partial charge is 0.454 e. The molecule has 0 aromatic heterocycles. The number of ether oxygens (including phenoxy) is 2. The van der Waals surface area contributed by atoms with E-state index in [4.69, 9.17) is 0 Å². The van der Waals surface area contributed by atoms with Crippen molar-refractivity contribution in [2.45, 2.75) is 24.6 Å². The van der Waals surface area contributed by atoms with E-state index in [-0.39, 0.29) is 0 Å². The van der Waals surface area contributed by atoms with Gasteiger partial charge in [0.2, 0.25) is 12.2 Å². The predicted molar refractivity (Wildman–Crippen MR) is 52.7 cm³/mol. The molecule has 0 N–H and O–H groups in total. The SMILES string of the molecule is O=C(OCC(F)(F)F)C1OS(=O)(=O)OC1C(=O)OCC(F)(F)F. The molecule has 8 nitrogen and oxygen atoms in total. The third kappa shape index (κ3) is 6.57. The van der Waals surface area contributed by atoms with Crippen LogP contribution in [0, 0.1) is 0 Å². The maximum Gasteiger partial charge on any atom is 0.422 e. The van der Waals surface area contributed by atoms with Crippen molar-refractivity contribution >= 4 is 22.3 Å². The molecule has 0 saturated carbocycles. The lowest BCUT2D eigenvalue weighted by Crippen LogP contribution is -2.41. The molecule has 1 aliphatic heterocycles. The molecule has 15 heteroatoms. The first kappa shape index (κ1) is 19.4. The van der Waals surface area contributed by atoms with Crippen LogP contribution in [-0.4, -0.2) is 58.1 Å². The van der Waals surface area contributed by atoms with Crippen LogP contribution in [0.15, 0.2) is 0 Å². The molecule has 0 aliphatic carbocycles. The van der Waals surface area contributed by atoms with Gasteiger partial charge in [-0.05, 0) is 0 Å². The predicted octanol–water partition coefficient (Wildman–Crippen LogP) is 0.226. The number of alkyl halides is 6. The fourth-order valence-electron chi connectivity index (χ4n) is 1.17. The van der Waals surface area contributed by atoms with Crippen molar-refractivity contribution in [1.29, 1.82) is 0 Å². The van der Waals surface area contributed by atoms with Crippen LogP contribution in [0.25, 0.3) is 0 Å². The molecule has 1 aliphatic rings. The number of rotatable bonds is 4. The normalized spacial score (nSPS) is 24.3. The fourth-order valence-corrected chi connectivity index (χ4v) is 2.09. The smallest absolute Gasteiger partial charge is 0.422 e. The van der Waals surface area contributed by atoms with E-state index in [0.29, 0.717) is 0 Å². The van der Waals surface area contributed by atoms with Crippen molar-refractivity contribution in [3.05, 3.63) is 0 Å². The third-order valence-electron chi connectivity index (χ3n) is 1.94. The maximum absolute atomic E-state index is 11.9. The standard InChI is InChI=1S/C8H6F6O8S/c9-7(10,11)1-19-5(15)3-4(22-23(17,18)21-3)6(16)20-2-8(12,13)14/h3-4H,1-2H2. The highest BCUT2D eigenvalue weighted by Gasteiger charge is 2.52. The molecule has 0 aromatic carbocycles. The zero-order valence-corrected chi connectivity index (χ0v) is 11.3. The Morgan fingerprint density at radius 1 is 0.826 bits per heavy atom. The number of hydrogen-bond acceptors (Lipinski definition) is 8. The summed E-state index contributed by atoms with van der Waals surface area (Å²) in [5, 5.41) is 0. The van der Waals surface area contributed by atoms with Gasteiger partial charge in [0.1, 0.15) is 0 Å². The zero-order valence-electron chi connectivity index (χ0n) is 10.5. The van der Waals surface area contributed by atoms with E-state index in [2.05, 4.69) is 17.8 Å². The van der Waals surface area contributed by atoms with Crippen LogP contribution >= 0.6 is 0 Å². The van der Waals surface area contributed by atoms with E-state index in [1.807, 2.05) is 0 Å². The molecule has 1 heterocycles. The lowest BCUT2D eigenvalue weighted by Gasteiger charge is -2.15. The molecule has 1 fully saturated rings. The lowest BCUT2D eigenvalue weighted by atomic mass is 10.2. The minimum absolute atomic E-state index is 1.99. The first-order valence-electron chi connectivity index (χ1n) is 5.28. The molecule has 0 bridgehead atoms. The summed E-state index contributed by atoms with van der Waals surface area (Å²) in [7, 11) is -5.01. The van der Waals surface area contributed by atoms with Gasteiger partial charge in [-0.2, -0.15) is 34.8 Å². The van der Waals surface area contributed by atoms with Crippen molar-refractivity contribution < 1.29 is 62.2 Å². The van der Waals surface area contributed by atoms with Crippen molar-refractivity contribution in [3.8, 4) is 0 Å². The summed E-state index contributed by atoms with van der Waals surface area (Å²) in [5.74, 6) is -3.98. The monoisotopic (exact) mass is 376 g/mol. The van der Waals surface area contributed by atoms with E-state index in [9.17, 15) is 44.3 Å². The average molecular weight is 376 g/mol. The van der Waals surface area contributed by atoms with Gasteiger partial charge in [0.25, 0.3) is 0 Å². The van der Waals surface area contributed by atoms with Crippen LogP contribution < -0.4 is 0 Å². The zero-order chi connectivity index (χ0) is 18.1. The van der Waals surface area contributed by atoms with E-state index < -0.39 is 60.1 Å². The highest BCUT2D eigenvalue weighted by Crippen LogP contribution is 2.25. The molecular weight excluding hydrogens is 370 g/mol. The Hall–Kier alpha value is -1.61. The van der Waals surface area contributed by atoms with Crippen LogP contribution in [0.4, 0.5) is 26.3 Å². The Balaban J connectivity index is 2.78. The number of carbonyl (C=O) groups excluding carboxylic acids is 2. The highest BCUT2D eigenvalue weighted by atomic mass is 32.3. The van der Waals surface area contributed by atoms with Crippen molar-refractivity contribution in [2.24, 2.45) is 0 Å². The van der Waals surface area contributed by atoms with E-state index in [0.717, 1.165) is 0 Å². The molecule has 1 saturated heterocycles. The second kappa shape index (κ2) is 6.48. The lowest BCUT2D eigenvalue weighted by molar-refractivity contribution is -0.198. The molecule has 23 heavy (non-hydrogen) atoms. The van der Waals surface area contributed by atoms with Crippen LogP contribution in [0.3, 0.4) is 0 Å². The van der Waals surface area contributed by atoms with E-state index in [1.54, 1.807) is 0 Å². The number of halogens is 6. The summed E-state index contributed by atoms with van der Waals surface area (Å²) in [5.41, 5.74) is 0. The Morgan fingerprint density at radius 2 is 1.13 bits per heavy atom. The molecule has 2 unspecified atom stereocenters. The molecule has 0 aromatic rings. The summed E-state index contributed by atoms with van der Waals surface area (Å²) < 4.78 is 108. The summed E-state index contributed by atoms with van der Waals surface area (Å²) in [4.78, 5) is 22.5. The first-order chi connectivity index (χ1) is 10.2. The van der Waals surface area contributed by atoms with Gasteiger partial charge in [-0.25, -0.2) is 18.0 Å². The van der Waals surface area contributed by atoms with Gasteiger partial charge >= 0.3 is 34.7 Å². The highest BCUT2D eigenvalue weighted by molar-refractivity contribution is 7.82. The summed E-state index contributed by atoms with van der Waals surface area (Å²) in [6.45, 7) is -4.29. The first-order valence-corrected chi connectivity index (χ1v) is 6.62. The van der Waals surface area contributed by atoms with E-state index in [1.165, 1.54) is 0 Å². The van der Waals surface area contributed by atoms with Crippen molar-refractivity contribution in [3.63, 3.8) is 0 Å². The Labute approximate surface area is 123 Å². The van der Waals surface area contributed by atoms with Gasteiger partial charge in [-0.3, -0.25) is 0 Å². The number of hydrogen-bond donors (Lipinski definition) is 0. The van der Waals surface area contributed by atoms with Crippen LogP contribution in [0.5, 0.6) is 0 Å². The van der Waals surface area contributed by atoms with Gasteiger partial charge < -0.3 is 9.47 Å². The van der Waals surface area contributed by atoms with Gasteiger partial charge in [-0.15, -0.1) is 0 Å². The molecule has 2 atom stereocenters. The summed E-state index contributed by atoms with van der Waals surface area (Å²) in [6.07, 6.45) is -15.1. The van der Waals surface area contributed by atoms with Gasteiger partial charge in [0.05, 0.1) is 0 Å². The van der Waals surface area contributed by atoms with Crippen LogP contribution in [0.1, 0.15) is 0 Å². The maximum atomic E-state index is 11.9. The molecular formula is C8H6F6O8S. The third-order valence-corrected chi connectivity index (χ3v) is 2.82. The minimum atomic E-state index is -5.01. The van der Waals surface area contributed by atoms with Crippen molar-refractivity contribution in [2.75, 3.05) is 13.2 Å². The second-order valence-electron chi connectivity index (χ2n) is 3.89. The average Bonchev–Trinajstić information content (AvgIpc) is 2.67. The van der Waals surface area contributed by atoms with Crippen molar-refractivity contribution in [1.82, 2.24) is 0 Å². The summed E-state index contributed by atoms with van der Waals surface area (Å²) >= 11 is 0. The fraction of sp³-hybridized carbons (Fsp3) is 0.750. The Morgan fingerprint density at radius 3 is 1.39 bits per heavy atom. The minimum Gasteiger partial charge on any atom is -0.454 e. The van der Waals surface area contributed by atoms with Crippen LogP contribution in [-0.2, 0) is 37.8 Å². The van der Waals surface area contributed by atoms with Gasteiger partial charge in [0.15, 0.2) is 13.2 Å². The molecule has 0 amide bonds. The molecule has 134 valence electrons. The van der Waals surface area contributed by atoms with Gasteiger partial charge in [-0.1, -0.05) is 0 Å². The van der Waals surface area contributed by atoms with E-state index >= 15 is 0 Å². The molecule has 0 spiro atoms.